The molecular formula is C6H13NO8S. The highest BCUT2D eigenvalue weighted by Gasteiger charge is 2.45. The van der Waals surface area contributed by atoms with Gasteiger partial charge >= 0.3 is 10.4 Å². The molecule has 0 aromatic carbocycles. The molecule has 10 heteroatoms. The van der Waals surface area contributed by atoms with Gasteiger partial charge in [0, 0.05) is 0 Å². The molecule has 96 valence electrons. The van der Waals surface area contributed by atoms with E-state index in [1.165, 1.54) is 0 Å². The summed E-state index contributed by atoms with van der Waals surface area (Å²) in [6.45, 7) is -0.670. The third kappa shape index (κ3) is 3.09. The van der Waals surface area contributed by atoms with E-state index in [-0.39, 0.29) is 0 Å². The van der Waals surface area contributed by atoms with Gasteiger partial charge in [-0.1, -0.05) is 0 Å². The Morgan fingerprint density at radius 3 is 2.38 bits per heavy atom. The van der Waals surface area contributed by atoms with Crippen LogP contribution in [0.15, 0.2) is 0 Å². The zero-order chi connectivity index (χ0) is 12.5. The molecular weight excluding hydrogens is 246 g/mol. The van der Waals surface area contributed by atoms with Gasteiger partial charge in [0.05, 0.1) is 12.6 Å². The van der Waals surface area contributed by atoms with E-state index in [1.807, 2.05) is 0 Å². The van der Waals surface area contributed by atoms with E-state index in [2.05, 4.69) is 8.92 Å². The largest absolute Gasteiger partial charge is 0.397 e. The van der Waals surface area contributed by atoms with Gasteiger partial charge in [-0.05, 0) is 0 Å². The molecule has 1 aliphatic rings. The van der Waals surface area contributed by atoms with E-state index in [4.69, 9.17) is 15.4 Å². The molecule has 0 aromatic rings. The zero-order valence-corrected chi connectivity index (χ0v) is 8.82. The van der Waals surface area contributed by atoms with Crippen LogP contribution in [-0.2, 0) is 19.3 Å². The summed E-state index contributed by atoms with van der Waals surface area (Å²) in [6.07, 6.45) is -6.06. The van der Waals surface area contributed by atoms with Crippen LogP contribution in [0.1, 0.15) is 0 Å². The Bertz CT molecular complexity index is 331. The van der Waals surface area contributed by atoms with Crippen LogP contribution < -0.4 is 5.73 Å². The molecule has 0 aromatic heterocycles. The lowest BCUT2D eigenvalue weighted by Gasteiger charge is -2.39. The smallest absolute Gasteiger partial charge is 0.394 e. The number of hydrogen-bond acceptors (Lipinski definition) is 8. The first-order valence-electron chi connectivity index (χ1n) is 4.30. The van der Waals surface area contributed by atoms with Gasteiger partial charge in [0.1, 0.15) is 18.3 Å². The standard InChI is InChI=1S/C6H13NO8S/c7-3-5(15-16(11,12)13)4(9)2(1-8)14-6(3)10/h2-6,8-10H,1,7H2,(H,11,12,13)/t2-,3-,4-,5-,6-/m1/s1. The van der Waals surface area contributed by atoms with Crippen molar-refractivity contribution in [3.63, 3.8) is 0 Å². The minimum absolute atomic E-state index is 0.670. The summed E-state index contributed by atoms with van der Waals surface area (Å²) < 4.78 is 38.2. The van der Waals surface area contributed by atoms with Crippen LogP contribution in [0.4, 0.5) is 0 Å². The first-order valence-corrected chi connectivity index (χ1v) is 5.66. The van der Waals surface area contributed by atoms with E-state index >= 15 is 0 Å². The Kier molecular flexibility index (Phi) is 4.20. The lowest BCUT2D eigenvalue weighted by Crippen LogP contribution is -2.63. The average Bonchev–Trinajstić information content (AvgIpc) is 2.17. The lowest BCUT2D eigenvalue weighted by molar-refractivity contribution is -0.244. The molecule has 0 bridgehead atoms. The van der Waals surface area contributed by atoms with Crippen molar-refractivity contribution in [3.05, 3.63) is 0 Å². The lowest BCUT2D eigenvalue weighted by atomic mass is 9.98. The molecule has 16 heavy (non-hydrogen) atoms. The summed E-state index contributed by atoms with van der Waals surface area (Å²) in [7, 11) is -4.83. The third-order valence-corrected chi connectivity index (χ3v) is 2.62. The van der Waals surface area contributed by atoms with Crippen molar-refractivity contribution in [2.24, 2.45) is 5.73 Å². The van der Waals surface area contributed by atoms with Crippen LogP contribution in [0.3, 0.4) is 0 Å². The zero-order valence-electron chi connectivity index (χ0n) is 8.00. The molecule has 0 radical (unpaired) electrons. The van der Waals surface area contributed by atoms with Gasteiger partial charge in [-0.25, -0.2) is 4.18 Å². The normalized spacial score (nSPS) is 40.9. The van der Waals surface area contributed by atoms with E-state index in [0.717, 1.165) is 0 Å². The van der Waals surface area contributed by atoms with Crippen LogP contribution in [0.2, 0.25) is 0 Å². The highest BCUT2D eigenvalue weighted by Crippen LogP contribution is 2.21. The molecule has 6 N–H and O–H groups in total. The maximum absolute atomic E-state index is 10.5. The van der Waals surface area contributed by atoms with Crippen molar-refractivity contribution in [3.8, 4) is 0 Å². The van der Waals surface area contributed by atoms with Gasteiger partial charge in [-0.2, -0.15) is 8.42 Å². The minimum Gasteiger partial charge on any atom is -0.394 e. The number of rotatable bonds is 3. The first kappa shape index (κ1) is 13.7. The van der Waals surface area contributed by atoms with Gasteiger partial charge < -0.3 is 25.8 Å². The number of ether oxygens (including phenoxy) is 1. The second-order valence-corrected chi connectivity index (χ2v) is 4.35. The van der Waals surface area contributed by atoms with Crippen molar-refractivity contribution in [2.75, 3.05) is 6.61 Å². The van der Waals surface area contributed by atoms with Crippen LogP contribution in [-0.4, -0.2) is 65.5 Å². The molecule has 1 saturated heterocycles. The predicted octanol–water partition coefficient (Wildman–Crippen LogP) is -3.43. The first-order chi connectivity index (χ1) is 7.26. The highest BCUT2D eigenvalue weighted by molar-refractivity contribution is 7.80. The average molecular weight is 259 g/mol. The molecule has 1 heterocycles. The molecule has 9 nitrogen and oxygen atoms in total. The van der Waals surface area contributed by atoms with Crippen molar-refractivity contribution < 1.29 is 37.2 Å². The summed E-state index contributed by atoms with van der Waals surface area (Å²) >= 11 is 0. The molecule has 5 atom stereocenters. The van der Waals surface area contributed by atoms with E-state index < -0.39 is 47.6 Å². The molecule has 1 fully saturated rings. The van der Waals surface area contributed by atoms with Gasteiger partial charge in [-0.3, -0.25) is 4.55 Å². The Balaban J connectivity index is 2.85. The van der Waals surface area contributed by atoms with Crippen molar-refractivity contribution in [1.29, 1.82) is 0 Å². The summed E-state index contributed by atoms with van der Waals surface area (Å²) in [5, 5.41) is 27.5. The van der Waals surface area contributed by atoms with Gasteiger partial charge in [0.15, 0.2) is 6.29 Å². The van der Waals surface area contributed by atoms with Gasteiger partial charge in [0.2, 0.25) is 0 Å². The second-order valence-electron chi connectivity index (χ2n) is 3.30. The molecule has 0 aliphatic carbocycles. The van der Waals surface area contributed by atoms with Crippen LogP contribution >= 0.6 is 0 Å². The summed E-state index contributed by atoms with van der Waals surface area (Å²) in [5.74, 6) is 0. The minimum atomic E-state index is -4.83. The molecule has 0 spiro atoms. The molecule has 1 rings (SSSR count). The molecule has 0 saturated carbocycles. The predicted molar refractivity (Wildman–Crippen MR) is 48.4 cm³/mol. The third-order valence-electron chi connectivity index (χ3n) is 2.15. The monoisotopic (exact) mass is 259 g/mol. The van der Waals surface area contributed by atoms with Gasteiger partial charge in [0.25, 0.3) is 0 Å². The Hall–Kier alpha value is -0.330. The quantitative estimate of drug-likeness (QED) is 0.325. The fourth-order valence-corrected chi connectivity index (χ4v) is 1.89. The number of aliphatic hydroxyl groups is 3. The van der Waals surface area contributed by atoms with Crippen molar-refractivity contribution in [1.82, 2.24) is 0 Å². The topological polar surface area (TPSA) is 160 Å². The Morgan fingerprint density at radius 1 is 1.38 bits per heavy atom. The second kappa shape index (κ2) is 4.89. The number of aliphatic hydroxyl groups excluding tert-OH is 3. The fourth-order valence-electron chi connectivity index (χ4n) is 1.36. The van der Waals surface area contributed by atoms with Crippen molar-refractivity contribution in [2.45, 2.75) is 30.6 Å². The number of hydrogen-bond donors (Lipinski definition) is 5. The summed E-state index contributed by atoms with van der Waals surface area (Å²) in [6, 6.07) is -1.38. The molecule has 0 amide bonds. The summed E-state index contributed by atoms with van der Waals surface area (Å²) in [5.41, 5.74) is 5.32. The van der Waals surface area contributed by atoms with Crippen LogP contribution in [0.5, 0.6) is 0 Å². The van der Waals surface area contributed by atoms with Gasteiger partial charge in [-0.15, -0.1) is 0 Å². The maximum Gasteiger partial charge on any atom is 0.397 e. The van der Waals surface area contributed by atoms with Crippen LogP contribution in [0.25, 0.3) is 0 Å². The van der Waals surface area contributed by atoms with E-state index in [9.17, 15) is 18.6 Å². The Labute approximate surface area is 91.3 Å². The van der Waals surface area contributed by atoms with Crippen LogP contribution in [0, 0.1) is 0 Å². The summed E-state index contributed by atoms with van der Waals surface area (Å²) in [4.78, 5) is 0. The maximum atomic E-state index is 10.5. The van der Waals surface area contributed by atoms with E-state index in [0.29, 0.717) is 0 Å². The fraction of sp³-hybridized carbons (Fsp3) is 1.00. The molecule has 0 unspecified atom stereocenters. The molecule has 1 aliphatic heterocycles. The number of nitrogens with two attached hydrogens (primary N) is 1. The van der Waals surface area contributed by atoms with Crippen molar-refractivity contribution >= 4 is 10.4 Å². The highest BCUT2D eigenvalue weighted by atomic mass is 32.3. The van der Waals surface area contributed by atoms with E-state index in [1.54, 1.807) is 0 Å². The Morgan fingerprint density at radius 2 is 1.94 bits per heavy atom. The SMILES string of the molecule is N[C@@H]1[C@@H](OS(=O)(=O)O)[C@H](O)[C@@H](CO)O[C@H]1O.